The highest BCUT2D eigenvalue weighted by atomic mass is 16.5. The molecule has 4 heteroatoms. The maximum Gasteiger partial charge on any atom is 0.0980 e. The van der Waals surface area contributed by atoms with Gasteiger partial charge in [-0.15, -0.1) is 0 Å². The van der Waals surface area contributed by atoms with Gasteiger partial charge in [-0.3, -0.25) is 0 Å². The van der Waals surface area contributed by atoms with Crippen LogP contribution in [0.2, 0.25) is 0 Å². The highest BCUT2D eigenvalue weighted by Crippen LogP contribution is 2.26. The van der Waals surface area contributed by atoms with Crippen molar-refractivity contribution in [2.75, 3.05) is 31.2 Å². The lowest BCUT2D eigenvalue weighted by Gasteiger charge is -2.35. The Morgan fingerprint density at radius 2 is 2.29 bits per heavy atom. The van der Waals surface area contributed by atoms with Crippen molar-refractivity contribution >= 4 is 5.69 Å². The molecule has 1 heterocycles. The molecule has 0 amide bonds. The Morgan fingerprint density at radius 3 is 3.00 bits per heavy atom. The molecule has 2 atom stereocenters. The van der Waals surface area contributed by atoms with Gasteiger partial charge >= 0.3 is 0 Å². The van der Waals surface area contributed by atoms with E-state index in [1.54, 1.807) is 0 Å². The zero-order valence-electron chi connectivity index (χ0n) is 10.2. The number of benzene rings is 1. The molecule has 0 aliphatic carbocycles. The van der Waals surface area contributed by atoms with Crippen LogP contribution in [0.3, 0.4) is 0 Å². The van der Waals surface area contributed by atoms with Gasteiger partial charge in [0.1, 0.15) is 0 Å². The van der Waals surface area contributed by atoms with E-state index < -0.39 is 0 Å². The average Bonchev–Trinajstić information content (AvgIpc) is 2.39. The number of anilines is 1. The summed E-state index contributed by atoms with van der Waals surface area (Å²) < 4.78 is 5.46. The second kappa shape index (κ2) is 5.49. The molecule has 0 bridgehead atoms. The third-order valence-electron chi connectivity index (χ3n) is 3.11. The van der Waals surface area contributed by atoms with Gasteiger partial charge in [0.15, 0.2) is 0 Å². The predicted octanol–water partition coefficient (Wildman–Crippen LogP) is 0.904. The molecule has 1 saturated heterocycles. The van der Waals surface area contributed by atoms with Gasteiger partial charge in [0.2, 0.25) is 0 Å². The Kier molecular flexibility index (Phi) is 3.99. The van der Waals surface area contributed by atoms with Crippen LogP contribution in [-0.2, 0) is 4.74 Å². The zero-order valence-corrected chi connectivity index (χ0v) is 10.2. The van der Waals surface area contributed by atoms with E-state index in [0.29, 0.717) is 6.61 Å². The molecule has 17 heavy (non-hydrogen) atoms. The fraction of sp³-hybridized carbons (Fsp3) is 0.538. The Balaban J connectivity index is 2.21. The van der Waals surface area contributed by atoms with Gasteiger partial charge < -0.3 is 20.5 Å². The van der Waals surface area contributed by atoms with Gasteiger partial charge in [-0.05, 0) is 18.6 Å². The minimum absolute atomic E-state index is 0.0154. The minimum Gasteiger partial charge on any atom is -0.394 e. The van der Waals surface area contributed by atoms with Crippen molar-refractivity contribution in [3.63, 3.8) is 0 Å². The molecule has 0 radical (unpaired) electrons. The van der Waals surface area contributed by atoms with Crippen molar-refractivity contribution in [1.29, 1.82) is 0 Å². The molecule has 3 N–H and O–H groups in total. The molecular formula is C13H20N2O2. The monoisotopic (exact) mass is 236 g/mol. The van der Waals surface area contributed by atoms with Crippen LogP contribution in [0.4, 0.5) is 5.69 Å². The van der Waals surface area contributed by atoms with Crippen molar-refractivity contribution in [3.8, 4) is 0 Å². The maximum atomic E-state index is 9.16. The second-order valence-electron chi connectivity index (χ2n) is 4.47. The number of hydrogen-bond donors (Lipinski definition) is 2. The third kappa shape index (κ3) is 2.77. The summed E-state index contributed by atoms with van der Waals surface area (Å²) in [6.07, 6.45) is -0.0927. The number of ether oxygens (including phenoxy) is 1. The Morgan fingerprint density at radius 1 is 1.53 bits per heavy atom. The van der Waals surface area contributed by atoms with E-state index >= 15 is 0 Å². The van der Waals surface area contributed by atoms with Crippen LogP contribution in [0.1, 0.15) is 18.5 Å². The summed E-state index contributed by atoms with van der Waals surface area (Å²) in [4.78, 5) is 2.24. The number of nitrogens with zero attached hydrogens (tertiary/aromatic N) is 1. The van der Waals surface area contributed by atoms with E-state index in [0.717, 1.165) is 24.3 Å². The first-order valence-electron chi connectivity index (χ1n) is 6.04. The van der Waals surface area contributed by atoms with Gasteiger partial charge in [0, 0.05) is 24.8 Å². The Hall–Kier alpha value is -1.10. The van der Waals surface area contributed by atoms with E-state index in [1.807, 2.05) is 19.1 Å². The molecule has 0 spiro atoms. The molecule has 1 aromatic carbocycles. The molecule has 1 aliphatic heterocycles. The van der Waals surface area contributed by atoms with Crippen molar-refractivity contribution in [2.24, 2.45) is 5.73 Å². The van der Waals surface area contributed by atoms with Crippen LogP contribution in [0.15, 0.2) is 24.3 Å². The summed E-state index contributed by atoms with van der Waals surface area (Å²) in [5, 5.41) is 9.16. The van der Waals surface area contributed by atoms with Gasteiger partial charge in [-0.2, -0.15) is 0 Å². The number of para-hydroxylation sites is 1. The smallest absolute Gasteiger partial charge is 0.0980 e. The van der Waals surface area contributed by atoms with E-state index in [9.17, 15) is 0 Å². The molecule has 0 saturated carbocycles. The first kappa shape index (κ1) is 12.4. The molecule has 94 valence electrons. The standard InChI is InChI=1S/C13H20N2O2/c1-10(14)12-4-2-3-5-13(12)15-6-7-17-11(8-15)9-16/h2-5,10-11,16H,6-9,14H2,1H3/t10-,11?/m1/s1. The maximum absolute atomic E-state index is 9.16. The SMILES string of the molecule is C[C@@H](N)c1ccccc1N1CCOC(CO)C1. The van der Waals surface area contributed by atoms with E-state index in [1.165, 1.54) is 0 Å². The van der Waals surface area contributed by atoms with E-state index in [2.05, 4.69) is 17.0 Å². The van der Waals surface area contributed by atoms with Gasteiger partial charge in [-0.1, -0.05) is 18.2 Å². The zero-order chi connectivity index (χ0) is 12.3. The molecule has 1 fully saturated rings. The predicted molar refractivity (Wildman–Crippen MR) is 68.1 cm³/mol. The quantitative estimate of drug-likeness (QED) is 0.819. The topological polar surface area (TPSA) is 58.7 Å². The molecule has 1 unspecified atom stereocenters. The van der Waals surface area contributed by atoms with Crippen molar-refractivity contribution in [3.05, 3.63) is 29.8 Å². The van der Waals surface area contributed by atoms with Crippen molar-refractivity contribution < 1.29 is 9.84 Å². The van der Waals surface area contributed by atoms with E-state index in [-0.39, 0.29) is 18.8 Å². The van der Waals surface area contributed by atoms with Gasteiger partial charge in [-0.25, -0.2) is 0 Å². The van der Waals surface area contributed by atoms with Crippen LogP contribution in [0.25, 0.3) is 0 Å². The van der Waals surface area contributed by atoms with Crippen LogP contribution >= 0.6 is 0 Å². The summed E-state index contributed by atoms with van der Waals surface area (Å²) >= 11 is 0. The Labute approximate surface area is 102 Å². The fourth-order valence-electron chi connectivity index (χ4n) is 2.21. The summed E-state index contributed by atoms with van der Waals surface area (Å²) in [6.45, 7) is 4.28. The number of aliphatic hydroxyl groups is 1. The van der Waals surface area contributed by atoms with Crippen LogP contribution < -0.4 is 10.6 Å². The first-order valence-corrected chi connectivity index (χ1v) is 6.04. The van der Waals surface area contributed by atoms with Crippen LogP contribution in [0.5, 0.6) is 0 Å². The molecule has 0 aromatic heterocycles. The highest BCUT2D eigenvalue weighted by molar-refractivity contribution is 5.55. The lowest BCUT2D eigenvalue weighted by molar-refractivity contribution is 0.00351. The van der Waals surface area contributed by atoms with Crippen molar-refractivity contribution in [2.45, 2.75) is 19.1 Å². The minimum atomic E-state index is -0.0927. The number of morpholine rings is 1. The van der Waals surface area contributed by atoms with E-state index in [4.69, 9.17) is 15.6 Å². The molecular weight excluding hydrogens is 216 g/mol. The van der Waals surface area contributed by atoms with Crippen LogP contribution in [0, 0.1) is 0 Å². The number of rotatable bonds is 3. The first-order chi connectivity index (χ1) is 8.22. The highest BCUT2D eigenvalue weighted by Gasteiger charge is 2.22. The van der Waals surface area contributed by atoms with Gasteiger partial charge in [0.05, 0.1) is 19.3 Å². The lowest BCUT2D eigenvalue weighted by Crippen LogP contribution is -2.44. The summed E-state index contributed by atoms with van der Waals surface area (Å²) in [5.41, 5.74) is 8.28. The largest absolute Gasteiger partial charge is 0.394 e. The number of nitrogens with two attached hydrogens (primary N) is 1. The third-order valence-corrected chi connectivity index (χ3v) is 3.11. The number of hydrogen-bond acceptors (Lipinski definition) is 4. The molecule has 4 nitrogen and oxygen atoms in total. The molecule has 2 rings (SSSR count). The fourth-order valence-corrected chi connectivity index (χ4v) is 2.21. The molecule has 1 aliphatic rings. The number of aliphatic hydroxyl groups excluding tert-OH is 1. The van der Waals surface area contributed by atoms with Crippen molar-refractivity contribution in [1.82, 2.24) is 0 Å². The summed E-state index contributed by atoms with van der Waals surface area (Å²) in [7, 11) is 0. The second-order valence-corrected chi connectivity index (χ2v) is 4.47. The summed E-state index contributed by atoms with van der Waals surface area (Å²) in [5.74, 6) is 0. The Bertz CT molecular complexity index is 368. The average molecular weight is 236 g/mol. The van der Waals surface area contributed by atoms with Gasteiger partial charge in [0.25, 0.3) is 0 Å². The van der Waals surface area contributed by atoms with Crippen LogP contribution in [-0.4, -0.2) is 37.5 Å². The summed E-state index contributed by atoms with van der Waals surface area (Å²) in [6, 6.07) is 8.18. The normalized spacial score (nSPS) is 22.5. The molecule has 1 aromatic rings. The lowest BCUT2D eigenvalue weighted by atomic mass is 10.1.